The van der Waals surface area contributed by atoms with Gasteiger partial charge in [-0.05, 0) is 24.3 Å². The first-order valence-electron chi connectivity index (χ1n) is 6.70. The highest BCUT2D eigenvalue weighted by Crippen LogP contribution is 2.32. The van der Waals surface area contributed by atoms with E-state index >= 15 is 0 Å². The van der Waals surface area contributed by atoms with Crippen molar-refractivity contribution in [3.05, 3.63) is 48.5 Å². The normalized spacial score (nSPS) is 12.5. The maximum absolute atomic E-state index is 12.1. The Bertz CT molecular complexity index is 858. The van der Waals surface area contributed by atoms with E-state index in [1.165, 1.54) is 12.1 Å². The first-order chi connectivity index (χ1) is 11.2. The Labute approximate surface area is 145 Å². The maximum atomic E-state index is 12.1. The van der Waals surface area contributed by atoms with Crippen LogP contribution in [0.4, 0.5) is 0 Å². The molecule has 6 nitrogen and oxygen atoms in total. The molecule has 0 spiro atoms. The zero-order valence-corrected chi connectivity index (χ0v) is 15.7. The lowest BCUT2D eigenvalue weighted by Gasteiger charge is -2.11. The van der Waals surface area contributed by atoms with Crippen molar-refractivity contribution in [1.29, 1.82) is 0 Å². The predicted octanol–water partition coefficient (Wildman–Crippen LogP) is 2.02. The Hall–Kier alpha value is -1.39. The number of hydrogen-bond donors (Lipinski definition) is 0. The molecule has 0 aromatic heterocycles. The number of rotatable bonds is 6. The van der Waals surface area contributed by atoms with E-state index in [-0.39, 0.29) is 9.79 Å². The van der Waals surface area contributed by atoms with Crippen LogP contribution in [0.2, 0.25) is 0 Å². The van der Waals surface area contributed by atoms with Gasteiger partial charge in [-0.15, -0.1) is 0 Å². The van der Waals surface area contributed by atoms with Gasteiger partial charge in [0.15, 0.2) is 9.79 Å². The molecule has 0 heterocycles. The number of hydrogen-bond acceptors (Lipinski definition) is 6. The summed E-state index contributed by atoms with van der Waals surface area (Å²) in [5.41, 5.74) is 0. The highest BCUT2D eigenvalue weighted by Gasteiger charge is 2.34. The Morgan fingerprint density at radius 2 is 1.04 bits per heavy atom. The molecule has 0 unspecified atom stereocenters. The average molecular weight is 389 g/mol. The van der Waals surface area contributed by atoms with Crippen molar-refractivity contribution in [2.45, 2.75) is 19.6 Å². The topological polar surface area (TPSA) is 86.7 Å². The first kappa shape index (κ1) is 18.9. The van der Waals surface area contributed by atoms with Crippen LogP contribution in [-0.2, 0) is 39.5 Å². The molecule has 2 rings (SSSR count). The monoisotopic (exact) mass is 389 g/mol. The molecule has 24 heavy (non-hydrogen) atoms. The SMILES string of the molecule is COS(=O)(=O)c1ccccc1[S+](C)c1ccccc1S(=O)(=O)OC. The summed E-state index contributed by atoms with van der Waals surface area (Å²) in [5, 5.41) is 0. The molecule has 0 saturated carbocycles. The lowest BCUT2D eigenvalue weighted by molar-refractivity contribution is 0.395. The molecule has 0 aliphatic rings. The van der Waals surface area contributed by atoms with Gasteiger partial charge in [-0.3, -0.25) is 8.37 Å². The third-order valence-corrected chi connectivity index (χ3v) is 8.29. The van der Waals surface area contributed by atoms with Gasteiger partial charge in [-0.25, -0.2) is 0 Å². The Morgan fingerprint density at radius 3 is 1.38 bits per heavy atom. The highest BCUT2D eigenvalue weighted by molar-refractivity contribution is 7.98. The van der Waals surface area contributed by atoms with Crippen molar-refractivity contribution in [2.75, 3.05) is 20.5 Å². The van der Waals surface area contributed by atoms with Crippen molar-refractivity contribution < 1.29 is 25.2 Å². The van der Waals surface area contributed by atoms with Gasteiger partial charge < -0.3 is 0 Å². The van der Waals surface area contributed by atoms with Crippen molar-refractivity contribution >= 4 is 31.1 Å². The van der Waals surface area contributed by atoms with Gasteiger partial charge in [-0.2, -0.15) is 16.8 Å². The van der Waals surface area contributed by atoms with Gasteiger partial charge in [0.1, 0.15) is 16.0 Å². The summed E-state index contributed by atoms with van der Waals surface area (Å²) < 4.78 is 57.7. The largest absolute Gasteiger partial charge is 0.301 e. The molecule has 2 aromatic rings. The minimum absolute atomic E-state index is 0.0166. The van der Waals surface area contributed by atoms with E-state index < -0.39 is 31.1 Å². The molecule has 0 N–H and O–H groups in total. The summed E-state index contributed by atoms with van der Waals surface area (Å²) in [6, 6.07) is 12.7. The lowest BCUT2D eigenvalue weighted by Crippen LogP contribution is -2.14. The zero-order valence-electron chi connectivity index (χ0n) is 13.3. The van der Waals surface area contributed by atoms with Crippen LogP contribution in [0, 0.1) is 0 Å². The fourth-order valence-corrected chi connectivity index (χ4v) is 6.50. The minimum Gasteiger partial charge on any atom is -0.270 e. The molecule has 9 heteroatoms. The summed E-state index contributed by atoms with van der Waals surface area (Å²) in [5.74, 6) is 0. The number of benzene rings is 2. The molecule has 0 amide bonds. The van der Waals surface area contributed by atoms with Crippen LogP contribution in [0.1, 0.15) is 0 Å². The zero-order chi connectivity index (χ0) is 18.0. The predicted molar refractivity (Wildman–Crippen MR) is 91.1 cm³/mol. The van der Waals surface area contributed by atoms with Crippen LogP contribution < -0.4 is 0 Å². The van der Waals surface area contributed by atoms with Crippen LogP contribution in [0.15, 0.2) is 68.1 Å². The van der Waals surface area contributed by atoms with Crippen molar-refractivity contribution in [1.82, 2.24) is 0 Å². The van der Waals surface area contributed by atoms with Crippen LogP contribution in [0.3, 0.4) is 0 Å². The van der Waals surface area contributed by atoms with E-state index in [9.17, 15) is 16.8 Å². The highest BCUT2D eigenvalue weighted by atomic mass is 32.2. The van der Waals surface area contributed by atoms with E-state index in [4.69, 9.17) is 0 Å². The molecule has 0 atom stereocenters. The lowest BCUT2D eigenvalue weighted by atomic mass is 10.4. The molecule has 0 fully saturated rings. The fraction of sp³-hybridized carbons (Fsp3) is 0.200. The van der Waals surface area contributed by atoms with Crippen LogP contribution in [0.5, 0.6) is 0 Å². The second-order valence-electron chi connectivity index (χ2n) is 4.65. The standard InChI is InChI=1S/C15H17O6S3/c1-20-23(16,17)14-10-6-4-8-12(14)22(3)13-9-5-7-11-15(13)24(18,19)21-2/h4-11H,1-3H3/q+1. The molecule has 130 valence electrons. The Kier molecular flexibility index (Phi) is 5.71. The molecule has 0 aliphatic heterocycles. The van der Waals surface area contributed by atoms with Crippen molar-refractivity contribution in [3.8, 4) is 0 Å². The van der Waals surface area contributed by atoms with Crippen LogP contribution in [0.25, 0.3) is 0 Å². The molecular formula is C15H17O6S3+. The van der Waals surface area contributed by atoms with Gasteiger partial charge in [0.2, 0.25) is 0 Å². The summed E-state index contributed by atoms with van der Waals surface area (Å²) in [6.45, 7) is 0. The van der Waals surface area contributed by atoms with E-state index in [0.29, 0.717) is 9.79 Å². The Balaban J connectivity index is 2.67. The van der Waals surface area contributed by atoms with Crippen LogP contribution in [-0.4, -0.2) is 37.3 Å². The van der Waals surface area contributed by atoms with Crippen molar-refractivity contribution in [3.63, 3.8) is 0 Å². The summed E-state index contributed by atoms with van der Waals surface area (Å²) >= 11 is 0. The van der Waals surface area contributed by atoms with Gasteiger partial charge in [0.05, 0.1) is 25.1 Å². The van der Waals surface area contributed by atoms with Gasteiger partial charge in [0, 0.05) is 0 Å². The second kappa shape index (κ2) is 7.24. The molecule has 0 saturated heterocycles. The van der Waals surface area contributed by atoms with Crippen LogP contribution >= 0.6 is 0 Å². The molecule has 0 bridgehead atoms. The molecule has 2 aromatic carbocycles. The van der Waals surface area contributed by atoms with E-state index in [1.54, 1.807) is 42.7 Å². The van der Waals surface area contributed by atoms with Gasteiger partial charge in [0.25, 0.3) is 0 Å². The van der Waals surface area contributed by atoms with E-state index in [2.05, 4.69) is 8.37 Å². The molecule has 0 aliphatic carbocycles. The Morgan fingerprint density at radius 1 is 0.708 bits per heavy atom. The minimum atomic E-state index is -3.91. The summed E-state index contributed by atoms with van der Waals surface area (Å²) in [4.78, 5) is 0.974. The average Bonchev–Trinajstić information content (AvgIpc) is 2.61. The fourth-order valence-electron chi connectivity index (χ4n) is 2.12. The third-order valence-electron chi connectivity index (χ3n) is 3.34. The summed E-state index contributed by atoms with van der Waals surface area (Å²) in [6.07, 6.45) is 1.76. The summed E-state index contributed by atoms with van der Waals surface area (Å²) in [7, 11) is -6.48. The smallest absolute Gasteiger partial charge is 0.270 e. The van der Waals surface area contributed by atoms with E-state index in [0.717, 1.165) is 14.2 Å². The first-order valence-corrected chi connectivity index (χ1v) is 11.1. The van der Waals surface area contributed by atoms with Gasteiger partial charge >= 0.3 is 20.2 Å². The molecular weight excluding hydrogens is 372 g/mol. The molecule has 0 radical (unpaired) electrons. The van der Waals surface area contributed by atoms with E-state index in [1.807, 2.05) is 0 Å². The quantitative estimate of drug-likeness (QED) is 0.555. The third kappa shape index (κ3) is 3.65. The second-order valence-corrected chi connectivity index (χ2v) is 9.91. The van der Waals surface area contributed by atoms with Gasteiger partial charge in [-0.1, -0.05) is 24.3 Å². The maximum Gasteiger partial charge on any atom is 0.301 e. The van der Waals surface area contributed by atoms with Crippen molar-refractivity contribution in [2.24, 2.45) is 0 Å².